The number of carbonyl (C=O) groups is 1. The van der Waals surface area contributed by atoms with E-state index in [1.807, 2.05) is 4.57 Å². The molecule has 0 unspecified atom stereocenters. The Labute approximate surface area is 110 Å². The van der Waals surface area contributed by atoms with Gasteiger partial charge in [0.05, 0.1) is 34.8 Å². The Morgan fingerprint density at radius 1 is 1.50 bits per heavy atom. The minimum absolute atomic E-state index is 0.114. The molecule has 1 aliphatic heterocycles. The fraction of sp³-hybridized carbons (Fsp3) is 0.250. The van der Waals surface area contributed by atoms with Crippen LogP contribution in [0.4, 0.5) is 4.39 Å². The molecule has 2 heterocycles. The highest BCUT2D eigenvalue weighted by molar-refractivity contribution is 9.10. The Morgan fingerprint density at radius 3 is 2.78 bits per heavy atom. The third-order valence-electron chi connectivity index (χ3n) is 3.12. The zero-order chi connectivity index (χ0) is 12.9. The van der Waals surface area contributed by atoms with Crippen LogP contribution in [0.15, 0.2) is 22.8 Å². The predicted molar refractivity (Wildman–Crippen MR) is 66.4 cm³/mol. The number of aromatic nitrogens is 1. The van der Waals surface area contributed by atoms with Gasteiger partial charge in [0.1, 0.15) is 5.82 Å². The number of halogens is 2. The van der Waals surface area contributed by atoms with Crippen molar-refractivity contribution in [1.29, 1.82) is 0 Å². The first-order valence-corrected chi connectivity index (χ1v) is 6.18. The van der Waals surface area contributed by atoms with Gasteiger partial charge in [-0.05, 0) is 28.1 Å². The maximum atomic E-state index is 13.5. The van der Waals surface area contributed by atoms with Crippen molar-refractivity contribution < 1.29 is 19.0 Å². The quantitative estimate of drug-likeness (QED) is 0.927. The summed E-state index contributed by atoms with van der Waals surface area (Å²) in [6.07, 6.45) is 1.55. The molecule has 0 aliphatic carbocycles. The maximum absolute atomic E-state index is 13.5. The average Bonchev–Trinajstić information content (AvgIpc) is 2.56. The van der Waals surface area contributed by atoms with Crippen LogP contribution in [0.1, 0.15) is 16.4 Å². The Balaban J connectivity index is 2.29. The normalized spacial score (nSPS) is 15.9. The fourth-order valence-corrected chi connectivity index (χ4v) is 2.43. The van der Waals surface area contributed by atoms with Crippen molar-refractivity contribution in [2.24, 2.45) is 0 Å². The number of carboxylic acid groups (broad SMARTS) is 1. The van der Waals surface area contributed by atoms with Gasteiger partial charge in [0, 0.05) is 11.6 Å². The molecule has 0 amide bonds. The summed E-state index contributed by atoms with van der Waals surface area (Å²) in [5.74, 6) is -1.52. The molecule has 2 aromatic rings. The molecule has 0 atom stereocenters. The molecule has 3 rings (SSSR count). The lowest BCUT2D eigenvalue weighted by molar-refractivity contribution is -0.0214. The monoisotopic (exact) mass is 313 g/mol. The molecular formula is C12H9BrFNO3. The van der Waals surface area contributed by atoms with E-state index in [2.05, 4.69) is 15.9 Å². The van der Waals surface area contributed by atoms with Crippen LogP contribution < -0.4 is 0 Å². The molecule has 4 nitrogen and oxygen atoms in total. The van der Waals surface area contributed by atoms with Crippen LogP contribution in [0.5, 0.6) is 0 Å². The first kappa shape index (κ1) is 11.7. The van der Waals surface area contributed by atoms with Crippen molar-refractivity contribution in [1.82, 2.24) is 4.57 Å². The molecule has 6 heteroatoms. The maximum Gasteiger partial charge on any atom is 0.337 e. The van der Waals surface area contributed by atoms with E-state index in [0.29, 0.717) is 28.6 Å². The zero-order valence-corrected chi connectivity index (χ0v) is 10.8. The van der Waals surface area contributed by atoms with Gasteiger partial charge in [-0.2, -0.15) is 0 Å². The van der Waals surface area contributed by atoms with Gasteiger partial charge in [-0.15, -0.1) is 0 Å². The first-order valence-electron chi connectivity index (χ1n) is 5.38. The minimum Gasteiger partial charge on any atom is -0.478 e. The first-order chi connectivity index (χ1) is 8.58. The number of ether oxygens (including phenoxy) is 1. The molecule has 94 valence electrons. The number of aromatic carboxylic acids is 1. The smallest absolute Gasteiger partial charge is 0.337 e. The van der Waals surface area contributed by atoms with E-state index in [9.17, 15) is 9.18 Å². The summed E-state index contributed by atoms with van der Waals surface area (Å²) >= 11 is 3.12. The third-order valence-corrected chi connectivity index (χ3v) is 3.73. The van der Waals surface area contributed by atoms with Crippen LogP contribution in [0.25, 0.3) is 10.9 Å². The topological polar surface area (TPSA) is 51.5 Å². The molecule has 1 aliphatic rings. The molecule has 0 bridgehead atoms. The van der Waals surface area contributed by atoms with Gasteiger partial charge in [0.25, 0.3) is 0 Å². The lowest BCUT2D eigenvalue weighted by atomic mass is 10.1. The molecular weight excluding hydrogens is 305 g/mol. The van der Waals surface area contributed by atoms with Gasteiger partial charge in [0.2, 0.25) is 0 Å². The Morgan fingerprint density at radius 2 is 2.22 bits per heavy atom. The van der Waals surface area contributed by atoms with Crippen molar-refractivity contribution in [3.05, 3.63) is 34.2 Å². The van der Waals surface area contributed by atoms with Crippen molar-refractivity contribution >= 4 is 32.8 Å². The minimum atomic E-state index is -1.05. The van der Waals surface area contributed by atoms with Gasteiger partial charge in [-0.25, -0.2) is 9.18 Å². The van der Waals surface area contributed by atoms with Crippen molar-refractivity contribution in [3.63, 3.8) is 0 Å². The van der Waals surface area contributed by atoms with Gasteiger partial charge in [0.15, 0.2) is 0 Å². The standard InChI is InChI=1S/C12H9BrFNO3/c13-9-2-11-7(1-10(9)14)8(12(16)17)3-15(11)6-4-18-5-6/h1-3,6H,4-5H2,(H,16,17). The van der Waals surface area contributed by atoms with E-state index in [1.54, 1.807) is 12.3 Å². The summed E-state index contributed by atoms with van der Waals surface area (Å²) in [4.78, 5) is 11.2. The Hall–Kier alpha value is -1.40. The average molecular weight is 314 g/mol. The Bertz CT molecular complexity index is 648. The molecule has 1 N–H and O–H groups in total. The summed E-state index contributed by atoms with van der Waals surface area (Å²) < 4.78 is 20.8. The van der Waals surface area contributed by atoms with Crippen molar-refractivity contribution in [3.8, 4) is 0 Å². The van der Waals surface area contributed by atoms with Crippen LogP contribution in [0.2, 0.25) is 0 Å². The van der Waals surface area contributed by atoms with Crippen molar-refractivity contribution in [2.75, 3.05) is 13.2 Å². The number of benzene rings is 1. The summed E-state index contributed by atoms with van der Waals surface area (Å²) in [5, 5.41) is 9.56. The highest BCUT2D eigenvalue weighted by atomic mass is 79.9. The van der Waals surface area contributed by atoms with Gasteiger partial charge >= 0.3 is 5.97 Å². The molecule has 0 radical (unpaired) electrons. The number of fused-ring (bicyclic) bond motifs is 1. The highest BCUT2D eigenvalue weighted by Crippen LogP contribution is 2.31. The van der Waals surface area contributed by atoms with Crippen LogP contribution in [-0.2, 0) is 4.74 Å². The van der Waals surface area contributed by atoms with Gasteiger partial charge in [-0.3, -0.25) is 0 Å². The van der Waals surface area contributed by atoms with Gasteiger partial charge < -0.3 is 14.4 Å². The van der Waals surface area contributed by atoms with E-state index in [1.165, 1.54) is 6.07 Å². The molecule has 1 aromatic carbocycles. The number of rotatable bonds is 2. The van der Waals surface area contributed by atoms with E-state index in [-0.39, 0.29) is 11.6 Å². The van der Waals surface area contributed by atoms with Gasteiger partial charge in [-0.1, -0.05) is 0 Å². The SMILES string of the molecule is O=C(O)c1cn(C2COC2)c2cc(Br)c(F)cc12. The summed E-state index contributed by atoms with van der Waals surface area (Å²) in [6.45, 7) is 1.11. The summed E-state index contributed by atoms with van der Waals surface area (Å²) in [6, 6.07) is 2.98. The molecule has 18 heavy (non-hydrogen) atoms. The third kappa shape index (κ3) is 1.64. The summed E-state index contributed by atoms with van der Waals surface area (Å²) in [5.41, 5.74) is 0.817. The van der Waals surface area contributed by atoms with E-state index in [0.717, 1.165) is 0 Å². The van der Waals surface area contributed by atoms with E-state index < -0.39 is 11.8 Å². The van der Waals surface area contributed by atoms with Crippen LogP contribution >= 0.6 is 15.9 Å². The number of carboxylic acids is 1. The predicted octanol–water partition coefficient (Wildman–Crippen LogP) is 2.81. The van der Waals surface area contributed by atoms with E-state index >= 15 is 0 Å². The fourth-order valence-electron chi connectivity index (χ4n) is 2.10. The molecule has 1 saturated heterocycles. The summed E-state index contributed by atoms with van der Waals surface area (Å²) in [7, 11) is 0. The second-order valence-corrected chi connectivity index (χ2v) is 5.08. The molecule has 0 saturated carbocycles. The number of nitrogens with zero attached hydrogens (tertiary/aromatic N) is 1. The van der Waals surface area contributed by atoms with Crippen LogP contribution in [0.3, 0.4) is 0 Å². The number of hydrogen-bond acceptors (Lipinski definition) is 2. The Kier molecular flexibility index (Phi) is 2.64. The second-order valence-electron chi connectivity index (χ2n) is 4.23. The largest absolute Gasteiger partial charge is 0.478 e. The zero-order valence-electron chi connectivity index (χ0n) is 9.19. The molecule has 0 spiro atoms. The van der Waals surface area contributed by atoms with E-state index in [4.69, 9.17) is 9.84 Å². The lowest BCUT2D eigenvalue weighted by Crippen LogP contribution is -2.30. The van der Waals surface area contributed by atoms with Crippen molar-refractivity contribution in [2.45, 2.75) is 6.04 Å². The second kappa shape index (κ2) is 4.07. The highest BCUT2D eigenvalue weighted by Gasteiger charge is 2.25. The van der Waals surface area contributed by atoms with Crippen LogP contribution in [-0.4, -0.2) is 28.9 Å². The van der Waals surface area contributed by atoms with Crippen LogP contribution in [0, 0.1) is 5.82 Å². The lowest BCUT2D eigenvalue weighted by Gasteiger charge is -2.28. The number of hydrogen-bond donors (Lipinski definition) is 1. The molecule has 1 aromatic heterocycles. The molecule has 1 fully saturated rings.